The number of carbonyl (C=O) groups is 2. The summed E-state index contributed by atoms with van der Waals surface area (Å²) in [5, 5.41) is 19.9. The first-order valence-electron chi connectivity index (χ1n) is 5.49. The molecule has 0 unspecified atom stereocenters. The normalized spacial score (nSPS) is 10.9. The molecule has 0 atom stereocenters. The number of benzene rings is 2. The molecule has 0 bridgehead atoms. The molecule has 0 fully saturated rings. The minimum absolute atomic E-state index is 0.0296. The lowest BCUT2D eigenvalue weighted by Gasteiger charge is -2.07. The van der Waals surface area contributed by atoms with Crippen LogP contribution in [0.15, 0.2) is 41.0 Å². The topological polar surface area (TPSA) is 87.7 Å². The Bertz CT molecular complexity index is 828. The van der Waals surface area contributed by atoms with Gasteiger partial charge in [0.05, 0.1) is 17.4 Å². The smallest absolute Gasteiger partial charge is 0.336 e. The monoisotopic (exact) mass is 256 g/mol. The Morgan fingerprint density at radius 3 is 2.37 bits per heavy atom. The highest BCUT2D eigenvalue weighted by molar-refractivity contribution is 6.20. The lowest BCUT2D eigenvalue weighted by Crippen LogP contribution is -2.04. The van der Waals surface area contributed by atoms with E-state index in [1.165, 1.54) is 18.4 Å². The zero-order chi connectivity index (χ0) is 13.6. The van der Waals surface area contributed by atoms with Crippen molar-refractivity contribution in [1.29, 1.82) is 0 Å². The minimum Gasteiger partial charge on any atom is -0.478 e. The molecule has 0 aliphatic carbocycles. The van der Waals surface area contributed by atoms with Gasteiger partial charge in [0.25, 0.3) is 0 Å². The molecule has 3 aromatic rings. The van der Waals surface area contributed by atoms with Gasteiger partial charge in [0.15, 0.2) is 0 Å². The molecular weight excluding hydrogens is 248 g/mol. The number of hydrogen-bond donors (Lipinski definition) is 2. The van der Waals surface area contributed by atoms with Gasteiger partial charge < -0.3 is 14.6 Å². The minimum atomic E-state index is -1.18. The first-order valence-corrected chi connectivity index (χ1v) is 5.49. The lowest BCUT2D eigenvalue weighted by atomic mass is 9.96. The van der Waals surface area contributed by atoms with Crippen molar-refractivity contribution in [1.82, 2.24) is 0 Å². The van der Waals surface area contributed by atoms with Gasteiger partial charge in [0.2, 0.25) is 0 Å². The molecule has 0 spiro atoms. The molecule has 0 radical (unpaired) electrons. The third kappa shape index (κ3) is 1.55. The molecule has 19 heavy (non-hydrogen) atoms. The Morgan fingerprint density at radius 2 is 1.68 bits per heavy atom. The number of rotatable bonds is 2. The number of fused-ring (bicyclic) bond motifs is 3. The van der Waals surface area contributed by atoms with E-state index in [1.807, 2.05) is 0 Å². The summed E-state index contributed by atoms with van der Waals surface area (Å²) in [5.41, 5.74) is 0.320. The maximum Gasteiger partial charge on any atom is 0.336 e. The van der Waals surface area contributed by atoms with Gasteiger partial charge in [-0.1, -0.05) is 12.1 Å². The molecule has 5 heteroatoms. The number of aromatic carboxylic acids is 2. The molecule has 1 aromatic heterocycles. The van der Waals surface area contributed by atoms with Crippen molar-refractivity contribution in [2.24, 2.45) is 0 Å². The van der Waals surface area contributed by atoms with Crippen LogP contribution in [0.1, 0.15) is 20.7 Å². The maximum atomic E-state index is 11.3. The summed E-state index contributed by atoms with van der Waals surface area (Å²) < 4.78 is 5.21. The first kappa shape index (κ1) is 11.3. The average molecular weight is 256 g/mol. The second kappa shape index (κ2) is 3.84. The van der Waals surface area contributed by atoms with E-state index in [0.29, 0.717) is 16.4 Å². The highest BCUT2D eigenvalue weighted by atomic mass is 16.4. The Balaban J connectivity index is 2.61. The Hall–Kier alpha value is -2.82. The van der Waals surface area contributed by atoms with Crippen LogP contribution >= 0.6 is 0 Å². The van der Waals surface area contributed by atoms with Crippen molar-refractivity contribution in [3.8, 4) is 0 Å². The van der Waals surface area contributed by atoms with Crippen LogP contribution in [0.2, 0.25) is 0 Å². The van der Waals surface area contributed by atoms with Crippen molar-refractivity contribution in [2.75, 3.05) is 0 Å². The van der Waals surface area contributed by atoms with Crippen molar-refractivity contribution >= 4 is 33.7 Å². The van der Waals surface area contributed by atoms with E-state index in [4.69, 9.17) is 4.42 Å². The predicted octanol–water partition coefficient (Wildman–Crippen LogP) is 2.98. The van der Waals surface area contributed by atoms with Crippen LogP contribution in [0.25, 0.3) is 21.7 Å². The quantitative estimate of drug-likeness (QED) is 0.735. The van der Waals surface area contributed by atoms with Crippen LogP contribution in [0.5, 0.6) is 0 Å². The van der Waals surface area contributed by atoms with Gasteiger partial charge in [-0.15, -0.1) is 0 Å². The first-order chi connectivity index (χ1) is 9.09. The van der Waals surface area contributed by atoms with Crippen molar-refractivity contribution in [3.63, 3.8) is 0 Å². The molecule has 0 amide bonds. The second-order valence-corrected chi connectivity index (χ2v) is 4.09. The van der Waals surface area contributed by atoms with E-state index in [9.17, 15) is 19.8 Å². The van der Waals surface area contributed by atoms with E-state index in [0.717, 1.165) is 0 Å². The molecule has 0 saturated carbocycles. The molecule has 2 aromatic carbocycles. The molecule has 0 aliphatic heterocycles. The summed E-state index contributed by atoms with van der Waals surface area (Å²) >= 11 is 0. The van der Waals surface area contributed by atoms with Gasteiger partial charge >= 0.3 is 11.9 Å². The van der Waals surface area contributed by atoms with Gasteiger partial charge in [-0.2, -0.15) is 0 Å². The fraction of sp³-hybridized carbons (Fsp3) is 0. The highest BCUT2D eigenvalue weighted by Gasteiger charge is 2.19. The van der Waals surface area contributed by atoms with Gasteiger partial charge in [0.1, 0.15) is 5.58 Å². The zero-order valence-corrected chi connectivity index (χ0v) is 9.58. The fourth-order valence-corrected chi connectivity index (χ4v) is 2.27. The van der Waals surface area contributed by atoms with Gasteiger partial charge in [-0.05, 0) is 23.6 Å². The van der Waals surface area contributed by atoms with Crippen LogP contribution < -0.4 is 0 Å². The van der Waals surface area contributed by atoms with Crippen LogP contribution in [-0.4, -0.2) is 22.2 Å². The largest absolute Gasteiger partial charge is 0.478 e. The standard InChI is InChI=1S/C14H8O5/c15-13(16)9-3-1-2-8-7-4-5-19-11(7)6-10(12(8)9)14(17)18/h1-6H,(H,15,16)(H,17,18). The van der Waals surface area contributed by atoms with Crippen LogP contribution in [0.3, 0.4) is 0 Å². The average Bonchev–Trinajstić information content (AvgIpc) is 2.84. The van der Waals surface area contributed by atoms with Gasteiger partial charge in [-0.3, -0.25) is 0 Å². The van der Waals surface area contributed by atoms with Crippen molar-refractivity contribution < 1.29 is 24.2 Å². The summed E-state index contributed by atoms with van der Waals surface area (Å²) in [6.07, 6.45) is 1.45. The SMILES string of the molecule is O=C(O)c1cccc2c1c(C(=O)O)cc1occc12. The molecule has 0 aliphatic rings. The molecule has 94 valence electrons. The number of carboxylic acids is 2. The van der Waals surface area contributed by atoms with Crippen molar-refractivity contribution in [3.05, 3.63) is 47.7 Å². The van der Waals surface area contributed by atoms with Crippen molar-refractivity contribution in [2.45, 2.75) is 0 Å². The maximum absolute atomic E-state index is 11.3. The molecule has 0 saturated heterocycles. The number of furan rings is 1. The summed E-state index contributed by atoms with van der Waals surface area (Å²) in [6.45, 7) is 0. The third-order valence-corrected chi connectivity index (χ3v) is 3.06. The Kier molecular flexibility index (Phi) is 2.28. The zero-order valence-electron chi connectivity index (χ0n) is 9.58. The predicted molar refractivity (Wildman–Crippen MR) is 67.6 cm³/mol. The van der Waals surface area contributed by atoms with E-state index in [2.05, 4.69) is 0 Å². The fourth-order valence-electron chi connectivity index (χ4n) is 2.27. The van der Waals surface area contributed by atoms with E-state index >= 15 is 0 Å². The van der Waals surface area contributed by atoms with Crippen LogP contribution in [-0.2, 0) is 0 Å². The van der Waals surface area contributed by atoms with E-state index in [1.54, 1.807) is 18.2 Å². The Labute approximate surface area is 106 Å². The Morgan fingerprint density at radius 1 is 0.947 bits per heavy atom. The molecule has 5 nitrogen and oxygen atoms in total. The van der Waals surface area contributed by atoms with Crippen LogP contribution in [0, 0.1) is 0 Å². The summed E-state index contributed by atoms with van der Waals surface area (Å²) in [7, 11) is 0. The van der Waals surface area contributed by atoms with E-state index in [-0.39, 0.29) is 16.5 Å². The highest BCUT2D eigenvalue weighted by Crippen LogP contribution is 2.31. The van der Waals surface area contributed by atoms with E-state index < -0.39 is 11.9 Å². The summed E-state index contributed by atoms with van der Waals surface area (Å²) in [5.74, 6) is -2.34. The molecule has 2 N–H and O–H groups in total. The molecular formula is C14H8O5. The van der Waals surface area contributed by atoms with Gasteiger partial charge in [-0.25, -0.2) is 9.59 Å². The third-order valence-electron chi connectivity index (χ3n) is 3.06. The molecule has 1 heterocycles. The van der Waals surface area contributed by atoms with Gasteiger partial charge in [0, 0.05) is 10.8 Å². The summed E-state index contributed by atoms with van der Waals surface area (Å²) in [4.78, 5) is 22.6. The van der Waals surface area contributed by atoms with Crippen LogP contribution in [0.4, 0.5) is 0 Å². The second-order valence-electron chi connectivity index (χ2n) is 4.09. The summed E-state index contributed by atoms with van der Waals surface area (Å²) in [6, 6.07) is 7.71. The molecule has 3 rings (SSSR count). The number of carboxylic acid groups (broad SMARTS) is 2. The lowest BCUT2D eigenvalue weighted by molar-refractivity contribution is 0.0695. The number of hydrogen-bond acceptors (Lipinski definition) is 3.